The largest absolute Gasteiger partial charge is 0.462 e. The van der Waals surface area contributed by atoms with Gasteiger partial charge in [0.1, 0.15) is 0 Å². The van der Waals surface area contributed by atoms with Gasteiger partial charge in [-0.1, -0.05) is 18.2 Å². The van der Waals surface area contributed by atoms with Crippen LogP contribution in [0, 0.1) is 13.8 Å². The summed E-state index contributed by atoms with van der Waals surface area (Å²) in [5.41, 5.74) is 2.60. The van der Waals surface area contributed by atoms with Gasteiger partial charge in [-0.25, -0.2) is 9.59 Å². The highest BCUT2D eigenvalue weighted by molar-refractivity contribution is 6.10. The molecule has 0 aliphatic heterocycles. The number of aromatic amines is 2. The summed E-state index contributed by atoms with van der Waals surface area (Å²) in [6.45, 7) is 4.80. The molecule has 0 unspecified atom stereocenters. The smallest absolute Gasteiger partial charge is 0.340 e. The van der Waals surface area contributed by atoms with E-state index in [-0.39, 0.29) is 17.7 Å². The van der Waals surface area contributed by atoms with Gasteiger partial charge in [0.05, 0.1) is 23.3 Å². The molecule has 27 heavy (non-hydrogen) atoms. The second-order valence-corrected chi connectivity index (χ2v) is 6.09. The highest BCUT2D eigenvalue weighted by atomic mass is 16.5. The van der Waals surface area contributed by atoms with Gasteiger partial charge in [0.25, 0.3) is 0 Å². The molecule has 0 fully saturated rings. The molecule has 0 atom stereocenters. The second-order valence-electron chi connectivity index (χ2n) is 6.09. The Hall–Kier alpha value is -3.35. The number of carbonyl (C=O) groups excluding carboxylic acids is 3. The van der Waals surface area contributed by atoms with E-state index >= 15 is 0 Å². The molecule has 7 nitrogen and oxygen atoms in total. The van der Waals surface area contributed by atoms with Crippen LogP contribution in [0.5, 0.6) is 0 Å². The summed E-state index contributed by atoms with van der Waals surface area (Å²) in [5, 5.41) is 0.718. The van der Waals surface area contributed by atoms with Crippen LogP contribution in [0.3, 0.4) is 0 Å². The van der Waals surface area contributed by atoms with E-state index in [9.17, 15) is 14.4 Å². The Morgan fingerprint density at radius 2 is 1.67 bits per heavy atom. The molecule has 0 aliphatic rings. The molecule has 2 heterocycles. The summed E-state index contributed by atoms with van der Waals surface area (Å²) in [4.78, 5) is 43.1. The number of aromatic nitrogens is 2. The minimum Gasteiger partial charge on any atom is -0.462 e. The highest BCUT2D eigenvalue weighted by Gasteiger charge is 2.26. The number of benzene rings is 1. The quantitative estimate of drug-likeness (QED) is 0.513. The fourth-order valence-electron chi connectivity index (χ4n) is 3.11. The predicted molar refractivity (Wildman–Crippen MR) is 99.1 cm³/mol. The van der Waals surface area contributed by atoms with Crippen molar-refractivity contribution in [1.29, 1.82) is 0 Å². The van der Waals surface area contributed by atoms with Gasteiger partial charge in [-0.3, -0.25) is 4.79 Å². The molecule has 3 rings (SSSR count). The van der Waals surface area contributed by atoms with Crippen LogP contribution in [-0.2, 0) is 9.47 Å². The van der Waals surface area contributed by atoms with Gasteiger partial charge >= 0.3 is 11.9 Å². The Morgan fingerprint density at radius 3 is 2.41 bits per heavy atom. The molecule has 0 bridgehead atoms. The number of H-pyrrole nitrogens is 2. The lowest BCUT2D eigenvalue weighted by molar-refractivity contribution is 0.0474. The van der Waals surface area contributed by atoms with Gasteiger partial charge in [0, 0.05) is 28.5 Å². The van der Waals surface area contributed by atoms with Crippen molar-refractivity contribution in [2.45, 2.75) is 20.8 Å². The zero-order valence-corrected chi connectivity index (χ0v) is 15.3. The summed E-state index contributed by atoms with van der Waals surface area (Å²) in [6, 6.07) is 7.30. The monoisotopic (exact) mass is 368 g/mol. The maximum absolute atomic E-state index is 12.6. The fourth-order valence-corrected chi connectivity index (χ4v) is 3.11. The van der Waals surface area contributed by atoms with E-state index in [2.05, 4.69) is 9.97 Å². The molecule has 0 amide bonds. The number of nitrogens with one attached hydrogen (secondary N) is 2. The van der Waals surface area contributed by atoms with Gasteiger partial charge in [0.2, 0.25) is 5.78 Å². The van der Waals surface area contributed by atoms with Crippen LogP contribution in [-0.4, -0.2) is 40.9 Å². The van der Waals surface area contributed by atoms with Crippen molar-refractivity contribution in [3.05, 3.63) is 58.5 Å². The van der Waals surface area contributed by atoms with Crippen molar-refractivity contribution >= 4 is 28.6 Å². The standard InChI is InChI=1S/C20H20N2O5/c1-4-26-20(25)18-12(3)22-11(2)17(18)16(23)10-27-19(24)14-9-21-15-8-6-5-7-13(14)15/h5-9,21-22H,4,10H2,1-3H3. The van der Waals surface area contributed by atoms with Gasteiger partial charge in [-0.05, 0) is 26.8 Å². The van der Waals surface area contributed by atoms with Crippen LogP contribution in [0.15, 0.2) is 30.5 Å². The molecular weight excluding hydrogens is 348 g/mol. The third-order valence-electron chi connectivity index (χ3n) is 4.28. The average molecular weight is 368 g/mol. The van der Waals surface area contributed by atoms with Crippen molar-refractivity contribution in [1.82, 2.24) is 9.97 Å². The Kier molecular flexibility index (Phi) is 5.12. The number of hydrogen-bond donors (Lipinski definition) is 2. The third kappa shape index (κ3) is 3.48. The number of carbonyl (C=O) groups is 3. The van der Waals surface area contributed by atoms with E-state index in [1.807, 2.05) is 18.2 Å². The molecule has 2 aromatic heterocycles. The number of ether oxygens (including phenoxy) is 2. The molecule has 7 heteroatoms. The molecule has 140 valence electrons. The molecule has 3 aromatic rings. The molecule has 0 spiro atoms. The maximum Gasteiger partial charge on any atom is 0.340 e. The van der Waals surface area contributed by atoms with Crippen LogP contribution in [0.4, 0.5) is 0 Å². The Morgan fingerprint density at radius 1 is 0.963 bits per heavy atom. The lowest BCUT2D eigenvalue weighted by atomic mass is 10.1. The number of ketones is 1. The molecule has 0 saturated carbocycles. The van der Waals surface area contributed by atoms with Crippen LogP contribution in [0.25, 0.3) is 10.9 Å². The van der Waals surface area contributed by atoms with E-state index in [4.69, 9.17) is 9.47 Å². The van der Waals surface area contributed by atoms with E-state index in [1.54, 1.807) is 33.0 Å². The number of aryl methyl sites for hydroxylation is 2. The van der Waals surface area contributed by atoms with Crippen molar-refractivity contribution in [3.8, 4) is 0 Å². The van der Waals surface area contributed by atoms with E-state index in [0.717, 1.165) is 10.9 Å². The first-order chi connectivity index (χ1) is 12.9. The van der Waals surface area contributed by atoms with Crippen molar-refractivity contribution in [3.63, 3.8) is 0 Å². The summed E-state index contributed by atoms with van der Waals surface area (Å²) < 4.78 is 10.2. The lowest BCUT2D eigenvalue weighted by Gasteiger charge is -2.07. The lowest BCUT2D eigenvalue weighted by Crippen LogP contribution is -2.18. The van der Waals surface area contributed by atoms with Crippen LogP contribution in [0.2, 0.25) is 0 Å². The van der Waals surface area contributed by atoms with E-state index < -0.39 is 24.3 Å². The number of para-hydroxylation sites is 1. The topological polar surface area (TPSA) is 101 Å². The van der Waals surface area contributed by atoms with Crippen molar-refractivity contribution in [2.24, 2.45) is 0 Å². The van der Waals surface area contributed by atoms with E-state index in [1.165, 1.54) is 0 Å². The van der Waals surface area contributed by atoms with Crippen molar-refractivity contribution < 1.29 is 23.9 Å². The maximum atomic E-state index is 12.6. The van der Waals surface area contributed by atoms with Gasteiger partial charge in [0.15, 0.2) is 6.61 Å². The Labute approximate surface area is 155 Å². The molecule has 0 aliphatic carbocycles. The molecular formula is C20H20N2O5. The fraction of sp³-hybridized carbons (Fsp3) is 0.250. The second kappa shape index (κ2) is 7.49. The average Bonchev–Trinajstić information content (AvgIpc) is 3.20. The normalized spacial score (nSPS) is 10.8. The number of hydrogen-bond acceptors (Lipinski definition) is 5. The number of rotatable bonds is 6. The first kappa shape index (κ1) is 18.4. The zero-order valence-electron chi connectivity index (χ0n) is 15.3. The SMILES string of the molecule is CCOC(=O)c1c(C)[nH]c(C)c1C(=O)COC(=O)c1c[nH]c2ccccc12. The predicted octanol–water partition coefficient (Wildman–Crippen LogP) is 3.33. The molecule has 2 N–H and O–H groups in total. The first-order valence-corrected chi connectivity index (χ1v) is 8.56. The summed E-state index contributed by atoms with van der Waals surface area (Å²) in [7, 11) is 0. The molecule has 0 saturated heterocycles. The Balaban J connectivity index is 1.78. The minimum atomic E-state index is -0.608. The third-order valence-corrected chi connectivity index (χ3v) is 4.28. The molecule has 1 aromatic carbocycles. The first-order valence-electron chi connectivity index (χ1n) is 8.56. The van der Waals surface area contributed by atoms with Crippen LogP contribution in [0.1, 0.15) is 49.4 Å². The van der Waals surface area contributed by atoms with Crippen LogP contribution < -0.4 is 0 Å². The minimum absolute atomic E-state index is 0.183. The summed E-state index contributed by atoms with van der Waals surface area (Å²) in [6.07, 6.45) is 1.55. The number of fused-ring (bicyclic) bond motifs is 1. The van der Waals surface area contributed by atoms with Crippen molar-refractivity contribution in [2.75, 3.05) is 13.2 Å². The Bertz CT molecular complexity index is 1030. The van der Waals surface area contributed by atoms with E-state index in [0.29, 0.717) is 17.0 Å². The van der Waals surface area contributed by atoms with Crippen LogP contribution >= 0.6 is 0 Å². The van der Waals surface area contributed by atoms with Gasteiger partial charge < -0.3 is 19.4 Å². The highest BCUT2D eigenvalue weighted by Crippen LogP contribution is 2.22. The number of Topliss-reactive ketones (excluding diaryl/α,β-unsaturated/α-hetero) is 1. The molecule has 0 radical (unpaired) electrons. The summed E-state index contributed by atoms with van der Waals surface area (Å²) >= 11 is 0. The van der Waals surface area contributed by atoms with Gasteiger partial charge in [-0.15, -0.1) is 0 Å². The summed E-state index contributed by atoms with van der Waals surface area (Å²) in [5.74, 6) is -1.65. The zero-order chi connectivity index (χ0) is 19.6. The van der Waals surface area contributed by atoms with Gasteiger partial charge in [-0.2, -0.15) is 0 Å². The number of esters is 2.